The molecule has 0 radical (unpaired) electrons. The van der Waals surface area contributed by atoms with Gasteiger partial charge in [0.05, 0.1) is 5.52 Å². The van der Waals surface area contributed by atoms with Crippen LogP contribution in [0.3, 0.4) is 0 Å². The van der Waals surface area contributed by atoms with Gasteiger partial charge in [-0.2, -0.15) is 0 Å². The van der Waals surface area contributed by atoms with E-state index in [2.05, 4.69) is 33.2 Å². The maximum absolute atomic E-state index is 13.7. The van der Waals surface area contributed by atoms with E-state index in [-0.39, 0.29) is 5.82 Å². The highest BCUT2D eigenvalue weighted by Crippen LogP contribution is 2.33. The maximum Gasteiger partial charge on any atom is 0.197 e. The molecule has 2 aromatic carbocycles. The summed E-state index contributed by atoms with van der Waals surface area (Å²) in [6.07, 6.45) is 1.48. The molecule has 0 amide bonds. The Kier molecular flexibility index (Phi) is 4.38. The number of fused-ring (bicyclic) bond motifs is 1. The van der Waals surface area contributed by atoms with Gasteiger partial charge >= 0.3 is 0 Å². The van der Waals surface area contributed by atoms with Crippen LogP contribution in [0.15, 0.2) is 59.0 Å². The number of hydrogen-bond acceptors (Lipinski definition) is 5. The molecule has 0 N–H and O–H groups in total. The van der Waals surface area contributed by atoms with Crippen LogP contribution in [-0.4, -0.2) is 24.7 Å². The van der Waals surface area contributed by atoms with E-state index in [0.29, 0.717) is 15.9 Å². The molecule has 0 bridgehead atoms. The third-order valence-corrected chi connectivity index (χ3v) is 5.17. The topological polar surface area (TPSA) is 56.5 Å². The molecule has 0 spiro atoms. The highest BCUT2D eigenvalue weighted by atomic mass is 32.2. The quantitative estimate of drug-likeness (QED) is 0.498. The summed E-state index contributed by atoms with van der Waals surface area (Å²) in [4.78, 5) is 8.52. The zero-order valence-electron chi connectivity index (χ0n) is 14.3. The molecule has 0 aliphatic rings. The van der Waals surface area contributed by atoms with Crippen molar-refractivity contribution in [3.63, 3.8) is 0 Å². The number of rotatable bonds is 4. The minimum atomic E-state index is -0.313. The molecule has 2 heterocycles. The predicted octanol–water partition coefficient (Wildman–Crippen LogP) is 4.51. The lowest BCUT2D eigenvalue weighted by molar-refractivity contribution is 0.629. The summed E-state index contributed by atoms with van der Waals surface area (Å²) in [5, 5.41) is 10.8. The lowest BCUT2D eigenvalue weighted by Gasteiger charge is -2.09. The summed E-state index contributed by atoms with van der Waals surface area (Å²) in [5.74, 6) is 0.504. The molecule has 4 aromatic rings. The van der Waals surface area contributed by atoms with Crippen molar-refractivity contribution in [2.75, 3.05) is 0 Å². The van der Waals surface area contributed by atoms with Crippen molar-refractivity contribution < 1.29 is 4.39 Å². The Morgan fingerprint density at radius 2 is 1.92 bits per heavy atom. The van der Waals surface area contributed by atoms with Crippen molar-refractivity contribution in [1.29, 1.82) is 0 Å². The fourth-order valence-electron chi connectivity index (χ4n) is 2.85. The van der Waals surface area contributed by atoms with Crippen LogP contribution in [0.1, 0.15) is 12.5 Å². The van der Waals surface area contributed by atoms with Gasteiger partial charge in [-0.3, -0.25) is 0 Å². The van der Waals surface area contributed by atoms with Crippen LogP contribution in [0.4, 0.5) is 4.39 Å². The number of aromatic nitrogens is 5. The summed E-state index contributed by atoms with van der Waals surface area (Å²) in [6, 6.07) is 12.6. The van der Waals surface area contributed by atoms with Crippen LogP contribution >= 0.6 is 11.8 Å². The Bertz CT molecular complexity index is 1090. The first kappa shape index (κ1) is 16.7. The third-order valence-electron chi connectivity index (χ3n) is 4.17. The minimum Gasteiger partial charge on any atom is -0.302 e. The van der Waals surface area contributed by atoms with Crippen LogP contribution in [0.25, 0.3) is 22.3 Å². The first-order chi connectivity index (χ1) is 12.7. The lowest BCUT2D eigenvalue weighted by atomic mass is 10.1. The van der Waals surface area contributed by atoms with E-state index in [0.717, 1.165) is 28.7 Å². The molecule has 130 valence electrons. The number of nitrogens with zero attached hydrogens (tertiary/aromatic N) is 5. The van der Waals surface area contributed by atoms with Gasteiger partial charge in [0.1, 0.15) is 17.2 Å². The van der Waals surface area contributed by atoms with Gasteiger partial charge in [-0.15, -0.1) is 10.2 Å². The van der Waals surface area contributed by atoms with Gasteiger partial charge in [0.2, 0.25) is 0 Å². The Morgan fingerprint density at radius 1 is 1.08 bits per heavy atom. The summed E-state index contributed by atoms with van der Waals surface area (Å²) < 4.78 is 15.7. The van der Waals surface area contributed by atoms with E-state index in [1.54, 1.807) is 6.07 Å². The predicted molar refractivity (Wildman–Crippen MR) is 99.5 cm³/mol. The minimum absolute atomic E-state index is 0.313. The van der Waals surface area contributed by atoms with E-state index in [1.807, 2.05) is 29.7 Å². The van der Waals surface area contributed by atoms with Crippen LogP contribution in [0.2, 0.25) is 0 Å². The highest BCUT2D eigenvalue weighted by Gasteiger charge is 2.17. The average molecular weight is 365 g/mol. The molecule has 0 atom stereocenters. The van der Waals surface area contributed by atoms with Gasteiger partial charge in [-0.25, -0.2) is 14.4 Å². The number of hydrogen-bond donors (Lipinski definition) is 0. The van der Waals surface area contributed by atoms with E-state index < -0.39 is 0 Å². The SMILES string of the molecule is CCn1c(Sc2ncnc3ccc(F)cc23)nnc1-c1ccccc1C. The smallest absolute Gasteiger partial charge is 0.197 e. The summed E-state index contributed by atoms with van der Waals surface area (Å²) in [7, 11) is 0. The largest absolute Gasteiger partial charge is 0.302 e. The number of benzene rings is 2. The zero-order chi connectivity index (χ0) is 18.1. The van der Waals surface area contributed by atoms with Crippen LogP contribution in [0.5, 0.6) is 0 Å². The van der Waals surface area contributed by atoms with Gasteiger partial charge < -0.3 is 4.57 Å². The van der Waals surface area contributed by atoms with Crippen molar-refractivity contribution in [2.24, 2.45) is 0 Å². The Hall–Kier alpha value is -2.80. The summed E-state index contributed by atoms with van der Waals surface area (Å²) >= 11 is 1.37. The molecule has 0 unspecified atom stereocenters. The van der Waals surface area contributed by atoms with Crippen molar-refractivity contribution in [2.45, 2.75) is 30.6 Å². The van der Waals surface area contributed by atoms with Crippen LogP contribution in [-0.2, 0) is 6.54 Å². The highest BCUT2D eigenvalue weighted by molar-refractivity contribution is 7.99. The molecule has 7 heteroatoms. The summed E-state index contributed by atoms with van der Waals surface area (Å²) in [5.41, 5.74) is 2.89. The molecule has 0 saturated heterocycles. The first-order valence-electron chi connectivity index (χ1n) is 8.24. The first-order valence-corrected chi connectivity index (χ1v) is 9.06. The van der Waals surface area contributed by atoms with E-state index in [1.165, 1.54) is 30.2 Å². The van der Waals surface area contributed by atoms with E-state index in [4.69, 9.17) is 0 Å². The molecule has 0 aliphatic heterocycles. The van der Waals surface area contributed by atoms with Gasteiger partial charge in [-0.05, 0) is 49.4 Å². The fraction of sp³-hybridized carbons (Fsp3) is 0.158. The van der Waals surface area contributed by atoms with Crippen molar-refractivity contribution >= 4 is 22.7 Å². The molecule has 26 heavy (non-hydrogen) atoms. The molecular formula is C19H16FN5S. The molecule has 5 nitrogen and oxygen atoms in total. The van der Waals surface area contributed by atoms with Crippen LogP contribution < -0.4 is 0 Å². The molecule has 0 aliphatic carbocycles. The van der Waals surface area contributed by atoms with Gasteiger partial charge in [0.25, 0.3) is 0 Å². The molecule has 4 rings (SSSR count). The van der Waals surface area contributed by atoms with Crippen molar-refractivity contribution in [1.82, 2.24) is 24.7 Å². The monoisotopic (exact) mass is 365 g/mol. The average Bonchev–Trinajstić information content (AvgIpc) is 3.05. The van der Waals surface area contributed by atoms with Crippen molar-refractivity contribution in [3.8, 4) is 11.4 Å². The second-order valence-electron chi connectivity index (χ2n) is 5.81. The Balaban J connectivity index is 1.79. The van der Waals surface area contributed by atoms with Gasteiger partial charge in [0.15, 0.2) is 11.0 Å². The number of halogens is 1. The second kappa shape index (κ2) is 6.84. The third kappa shape index (κ3) is 2.94. The standard InChI is InChI=1S/C19H16FN5S/c1-3-25-17(14-7-5-4-6-12(14)2)23-24-19(25)26-18-15-10-13(20)8-9-16(15)21-11-22-18/h4-11H,3H2,1-2H3. The molecule has 2 aromatic heterocycles. The number of aryl methyl sites for hydroxylation is 1. The van der Waals surface area contributed by atoms with E-state index >= 15 is 0 Å². The molecule has 0 saturated carbocycles. The Labute approximate surface area is 154 Å². The molecular weight excluding hydrogens is 349 g/mol. The maximum atomic E-state index is 13.7. The Morgan fingerprint density at radius 3 is 2.73 bits per heavy atom. The second-order valence-corrected chi connectivity index (χ2v) is 6.76. The zero-order valence-corrected chi connectivity index (χ0v) is 15.2. The van der Waals surface area contributed by atoms with Gasteiger partial charge in [-0.1, -0.05) is 24.3 Å². The normalized spacial score (nSPS) is 11.2. The van der Waals surface area contributed by atoms with Crippen molar-refractivity contribution in [3.05, 3.63) is 60.2 Å². The van der Waals surface area contributed by atoms with Gasteiger partial charge in [0, 0.05) is 17.5 Å². The lowest BCUT2D eigenvalue weighted by Crippen LogP contribution is -2.01. The summed E-state index contributed by atoms with van der Waals surface area (Å²) in [6.45, 7) is 4.82. The van der Waals surface area contributed by atoms with Crippen LogP contribution in [0, 0.1) is 12.7 Å². The van der Waals surface area contributed by atoms with E-state index in [9.17, 15) is 4.39 Å². The molecule has 0 fully saturated rings. The fourth-order valence-corrected chi connectivity index (χ4v) is 3.80.